The number of hydrogen-bond donors (Lipinski definition) is 2. The number of nitrogens with zero attached hydrogens (tertiary/aromatic N) is 1. The lowest BCUT2D eigenvalue weighted by Gasteiger charge is -2.18. The molecule has 0 aromatic heterocycles. The molecule has 1 heterocycles. The quantitative estimate of drug-likeness (QED) is 0.821. The van der Waals surface area contributed by atoms with Crippen LogP contribution < -0.4 is 5.32 Å². The molecule has 1 fully saturated rings. The molecule has 2 N–H and O–H groups in total. The molecule has 1 aliphatic rings. The van der Waals surface area contributed by atoms with Crippen molar-refractivity contribution in [3.8, 4) is 5.75 Å². The van der Waals surface area contributed by atoms with Gasteiger partial charge in [0.05, 0.1) is 6.54 Å². The number of nitrogens with one attached hydrogen (secondary N) is 1. The maximum absolute atomic E-state index is 13.1. The van der Waals surface area contributed by atoms with Gasteiger partial charge in [0, 0.05) is 19.2 Å². The minimum Gasteiger partial charge on any atom is -0.508 e. The summed E-state index contributed by atoms with van der Waals surface area (Å²) in [4.78, 5) is 1.40. The first-order valence-corrected chi connectivity index (χ1v) is 6.80. The van der Waals surface area contributed by atoms with Gasteiger partial charge in [0.25, 0.3) is 0 Å². The molecule has 1 aliphatic heterocycles. The van der Waals surface area contributed by atoms with Gasteiger partial charge in [0.1, 0.15) is 11.6 Å². The third kappa shape index (κ3) is 5.51. The lowest BCUT2D eigenvalue weighted by atomic mass is 10.1. The maximum atomic E-state index is 13.1. The fourth-order valence-corrected chi connectivity index (χ4v) is 2.63. The zero-order chi connectivity index (χ0) is 15.5. The van der Waals surface area contributed by atoms with Crippen LogP contribution in [0.5, 0.6) is 5.75 Å². The SMILES string of the molecule is Oc1cc(F)cc(CNCC2CCN(CC(F)(F)F)C2)c1. The monoisotopic (exact) mass is 306 g/mol. The number of rotatable bonds is 5. The number of likely N-dealkylation sites (tertiary alicyclic amines) is 1. The molecule has 2 rings (SSSR count). The van der Waals surface area contributed by atoms with Gasteiger partial charge in [0.15, 0.2) is 0 Å². The molecule has 1 unspecified atom stereocenters. The van der Waals surface area contributed by atoms with E-state index < -0.39 is 18.5 Å². The number of aromatic hydroxyl groups is 1. The van der Waals surface area contributed by atoms with Crippen LogP contribution in [0.15, 0.2) is 18.2 Å². The summed E-state index contributed by atoms with van der Waals surface area (Å²) in [5.41, 5.74) is 0.609. The summed E-state index contributed by atoms with van der Waals surface area (Å²) in [6.45, 7) is 0.960. The molecule has 1 aromatic rings. The highest BCUT2D eigenvalue weighted by Crippen LogP contribution is 2.22. The smallest absolute Gasteiger partial charge is 0.401 e. The second kappa shape index (κ2) is 6.62. The van der Waals surface area contributed by atoms with Crippen molar-refractivity contribution in [2.45, 2.75) is 19.1 Å². The van der Waals surface area contributed by atoms with Crippen LogP contribution in [0.3, 0.4) is 0 Å². The van der Waals surface area contributed by atoms with E-state index in [1.807, 2.05) is 0 Å². The molecule has 1 saturated heterocycles. The molecule has 1 aromatic carbocycles. The zero-order valence-corrected chi connectivity index (χ0v) is 11.5. The van der Waals surface area contributed by atoms with Gasteiger partial charge in [-0.25, -0.2) is 4.39 Å². The molecule has 0 bridgehead atoms. The highest BCUT2D eigenvalue weighted by atomic mass is 19.4. The second-order valence-electron chi connectivity index (χ2n) is 5.45. The summed E-state index contributed by atoms with van der Waals surface area (Å²) in [6.07, 6.45) is -3.43. The van der Waals surface area contributed by atoms with Crippen molar-refractivity contribution in [3.63, 3.8) is 0 Å². The standard InChI is InChI=1S/C14H18F4N2O/c15-12-3-11(4-13(21)5-12)7-19-6-10-1-2-20(8-10)9-14(16,17)18/h3-5,10,19,21H,1-2,6-9H2. The first kappa shape index (κ1) is 16.0. The molecule has 21 heavy (non-hydrogen) atoms. The van der Waals surface area contributed by atoms with Gasteiger partial charge in [-0.3, -0.25) is 4.90 Å². The molecule has 0 aliphatic carbocycles. The average Bonchev–Trinajstić information content (AvgIpc) is 2.73. The van der Waals surface area contributed by atoms with Gasteiger partial charge in [-0.2, -0.15) is 13.2 Å². The molecule has 1 atom stereocenters. The van der Waals surface area contributed by atoms with Crippen molar-refractivity contribution in [1.29, 1.82) is 0 Å². The topological polar surface area (TPSA) is 35.5 Å². The predicted molar refractivity (Wildman–Crippen MR) is 70.4 cm³/mol. The Labute approximate surface area is 120 Å². The van der Waals surface area contributed by atoms with Crippen LogP contribution in [0.25, 0.3) is 0 Å². The first-order chi connectivity index (χ1) is 9.82. The van der Waals surface area contributed by atoms with Crippen molar-refractivity contribution < 1.29 is 22.7 Å². The predicted octanol–water partition coefficient (Wildman–Crippen LogP) is 2.51. The Hall–Kier alpha value is -1.34. The van der Waals surface area contributed by atoms with E-state index >= 15 is 0 Å². The second-order valence-corrected chi connectivity index (χ2v) is 5.45. The lowest BCUT2D eigenvalue weighted by Crippen LogP contribution is -2.33. The number of alkyl halides is 3. The zero-order valence-electron chi connectivity index (χ0n) is 11.5. The van der Waals surface area contributed by atoms with E-state index in [0.717, 1.165) is 12.5 Å². The minimum atomic E-state index is -4.15. The van der Waals surface area contributed by atoms with E-state index in [9.17, 15) is 22.7 Å². The molecule has 3 nitrogen and oxygen atoms in total. The van der Waals surface area contributed by atoms with E-state index in [4.69, 9.17) is 0 Å². The molecule has 0 amide bonds. The van der Waals surface area contributed by atoms with Crippen molar-refractivity contribution in [2.24, 2.45) is 5.92 Å². The Kier molecular flexibility index (Phi) is 5.05. The first-order valence-electron chi connectivity index (χ1n) is 6.80. The van der Waals surface area contributed by atoms with Crippen molar-refractivity contribution in [1.82, 2.24) is 10.2 Å². The highest BCUT2D eigenvalue weighted by molar-refractivity contribution is 5.28. The minimum absolute atomic E-state index is 0.135. The lowest BCUT2D eigenvalue weighted by molar-refractivity contribution is -0.143. The summed E-state index contributed by atoms with van der Waals surface area (Å²) in [7, 11) is 0. The van der Waals surface area contributed by atoms with Gasteiger partial charge in [-0.1, -0.05) is 0 Å². The number of hydrogen-bond acceptors (Lipinski definition) is 3. The summed E-state index contributed by atoms with van der Waals surface area (Å²) in [5.74, 6) is -0.484. The number of halogens is 4. The Morgan fingerprint density at radius 2 is 2.05 bits per heavy atom. The Morgan fingerprint density at radius 1 is 1.29 bits per heavy atom. The van der Waals surface area contributed by atoms with Crippen LogP contribution in [-0.4, -0.2) is 42.4 Å². The van der Waals surface area contributed by atoms with E-state index in [1.165, 1.54) is 17.0 Å². The Morgan fingerprint density at radius 3 is 2.71 bits per heavy atom. The van der Waals surface area contributed by atoms with Crippen molar-refractivity contribution in [3.05, 3.63) is 29.6 Å². The van der Waals surface area contributed by atoms with Crippen LogP contribution in [0.2, 0.25) is 0 Å². The van der Waals surface area contributed by atoms with E-state index in [0.29, 0.717) is 31.7 Å². The summed E-state index contributed by atoms with van der Waals surface area (Å²) in [5, 5.41) is 12.4. The normalized spacial score (nSPS) is 20.1. The van der Waals surface area contributed by atoms with E-state index in [2.05, 4.69) is 5.32 Å². The van der Waals surface area contributed by atoms with Crippen LogP contribution >= 0.6 is 0 Å². The molecule has 118 valence electrons. The fourth-order valence-electron chi connectivity index (χ4n) is 2.63. The number of benzene rings is 1. The molecular weight excluding hydrogens is 288 g/mol. The summed E-state index contributed by atoms with van der Waals surface area (Å²) >= 11 is 0. The maximum Gasteiger partial charge on any atom is 0.401 e. The Bertz CT molecular complexity index is 458. The highest BCUT2D eigenvalue weighted by Gasteiger charge is 2.34. The van der Waals surface area contributed by atoms with Gasteiger partial charge in [-0.05, 0) is 43.1 Å². The van der Waals surface area contributed by atoms with Crippen LogP contribution in [0.4, 0.5) is 17.6 Å². The fraction of sp³-hybridized carbons (Fsp3) is 0.571. The van der Waals surface area contributed by atoms with Crippen LogP contribution in [-0.2, 0) is 6.54 Å². The number of phenolic OH excluding ortho intramolecular Hbond substituents is 1. The molecule has 0 spiro atoms. The van der Waals surface area contributed by atoms with E-state index in [1.54, 1.807) is 0 Å². The molecule has 0 saturated carbocycles. The third-order valence-electron chi connectivity index (χ3n) is 3.48. The van der Waals surface area contributed by atoms with Gasteiger partial charge < -0.3 is 10.4 Å². The van der Waals surface area contributed by atoms with Gasteiger partial charge in [0.2, 0.25) is 0 Å². The van der Waals surface area contributed by atoms with Crippen molar-refractivity contribution >= 4 is 0 Å². The number of phenols is 1. The van der Waals surface area contributed by atoms with E-state index in [-0.39, 0.29) is 11.7 Å². The van der Waals surface area contributed by atoms with Crippen LogP contribution in [0.1, 0.15) is 12.0 Å². The molecular formula is C14H18F4N2O. The third-order valence-corrected chi connectivity index (χ3v) is 3.48. The van der Waals surface area contributed by atoms with Gasteiger partial charge >= 0.3 is 6.18 Å². The Balaban J connectivity index is 1.72. The summed E-state index contributed by atoms with van der Waals surface area (Å²) in [6, 6.07) is 3.80. The summed E-state index contributed by atoms with van der Waals surface area (Å²) < 4.78 is 49.9. The van der Waals surface area contributed by atoms with Crippen LogP contribution in [0, 0.1) is 11.7 Å². The molecule has 0 radical (unpaired) electrons. The average molecular weight is 306 g/mol. The van der Waals surface area contributed by atoms with Gasteiger partial charge in [-0.15, -0.1) is 0 Å². The van der Waals surface area contributed by atoms with Crippen molar-refractivity contribution in [2.75, 3.05) is 26.2 Å². The molecule has 7 heteroatoms. The largest absolute Gasteiger partial charge is 0.508 e.